The molecular weight excluding hydrogens is 382 g/mol. The van der Waals surface area contributed by atoms with Gasteiger partial charge in [0, 0.05) is 6.16 Å². The van der Waals surface area contributed by atoms with E-state index in [2.05, 4.69) is 6.58 Å². The van der Waals surface area contributed by atoms with Crippen molar-refractivity contribution in [1.82, 2.24) is 0 Å². The fourth-order valence-electron chi connectivity index (χ4n) is 2.93. The number of allylic oxidation sites excluding steroid dienone is 1. The maximum absolute atomic E-state index is 13.2. The summed E-state index contributed by atoms with van der Waals surface area (Å²) in [6, 6.07) is 0. The van der Waals surface area contributed by atoms with Crippen LogP contribution in [0.1, 0.15) is 86.0 Å². The van der Waals surface area contributed by atoms with Crippen molar-refractivity contribution in [3.05, 3.63) is 12.7 Å². The Hall–Kier alpha value is 0.0800. The lowest BCUT2D eigenvalue weighted by Gasteiger charge is -2.26. The van der Waals surface area contributed by atoms with Gasteiger partial charge in [-0.3, -0.25) is 9.13 Å². The van der Waals surface area contributed by atoms with Crippen LogP contribution in [0.4, 0.5) is 0 Å². The molecule has 0 heterocycles. The quantitative estimate of drug-likeness (QED) is 0.129. The van der Waals surface area contributed by atoms with Gasteiger partial charge in [0.2, 0.25) is 7.37 Å². The van der Waals surface area contributed by atoms with Crippen LogP contribution in [-0.4, -0.2) is 30.9 Å². The third kappa shape index (κ3) is 14.7. The fraction of sp³-hybridized carbons (Fsp3) is 0.900. The molecule has 1 unspecified atom stereocenters. The summed E-state index contributed by atoms with van der Waals surface area (Å²) in [5.41, 5.74) is 0. The summed E-state index contributed by atoms with van der Waals surface area (Å²) in [5, 5.41) is 0. The van der Waals surface area contributed by atoms with Crippen LogP contribution in [0.5, 0.6) is 0 Å². The maximum atomic E-state index is 13.2. The zero-order chi connectivity index (χ0) is 20.8. The second kappa shape index (κ2) is 15.0. The zero-order valence-corrected chi connectivity index (χ0v) is 19.9. The van der Waals surface area contributed by atoms with Crippen molar-refractivity contribution in [2.24, 2.45) is 0 Å². The van der Waals surface area contributed by atoms with Gasteiger partial charge in [-0.1, -0.05) is 38.2 Å². The average molecular weight is 424 g/mol. The largest absolute Gasteiger partial charge is 0.340 e. The lowest BCUT2D eigenvalue weighted by molar-refractivity contribution is 0.144. The Morgan fingerprint density at radius 1 is 0.852 bits per heavy atom. The van der Waals surface area contributed by atoms with E-state index in [4.69, 9.17) is 13.6 Å². The molecule has 0 aromatic heterocycles. The second-order valence-corrected chi connectivity index (χ2v) is 12.7. The van der Waals surface area contributed by atoms with E-state index in [1.165, 1.54) is 25.7 Å². The average Bonchev–Trinajstić information content (AvgIpc) is 2.51. The van der Waals surface area contributed by atoms with Crippen molar-refractivity contribution in [2.75, 3.05) is 18.7 Å². The van der Waals surface area contributed by atoms with E-state index < -0.39 is 15.0 Å². The highest BCUT2D eigenvalue weighted by Gasteiger charge is 2.38. The predicted molar refractivity (Wildman–Crippen MR) is 116 cm³/mol. The van der Waals surface area contributed by atoms with Crippen LogP contribution in [0.3, 0.4) is 0 Å². The van der Waals surface area contributed by atoms with Crippen LogP contribution in [0, 0.1) is 0 Å². The first kappa shape index (κ1) is 27.1. The Morgan fingerprint density at radius 3 is 1.78 bits per heavy atom. The van der Waals surface area contributed by atoms with Gasteiger partial charge in [0.25, 0.3) is 0 Å². The SMILES string of the molecule is C=CCCCCCCCCCP(=O)(CP(=O)(OC(C)C)OC(C)C)OCC. The van der Waals surface area contributed by atoms with Crippen molar-refractivity contribution >= 4 is 15.0 Å². The molecule has 1 atom stereocenters. The van der Waals surface area contributed by atoms with Crippen molar-refractivity contribution in [3.8, 4) is 0 Å². The van der Waals surface area contributed by atoms with Gasteiger partial charge < -0.3 is 13.6 Å². The predicted octanol–water partition coefficient (Wildman–Crippen LogP) is 7.61. The molecule has 0 aliphatic carbocycles. The van der Waals surface area contributed by atoms with E-state index in [0.717, 1.165) is 25.7 Å². The molecule has 0 N–H and O–H groups in total. The molecule has 5 nitrogen and oxygen atoms in total. The molecule has 7 heteroatoms. The Balaban J connectivity index is 4.52. The molecule has 0 aliphatic heterocycles. The molecule has 27 heavy (non-hydrogen) atoms. The molecule has 0 saturated carbocycles. The number of rotatable bonds is 18. The first-order chi connectivity index (χ1) is 12.7. The first-order valence-electron chi connectivity index (χ1n) is 10.5. The van der Waals surface area contributed by atoms with Crippen LogP contribution in [0.25, 0.3) is 0 Å². The Bertz CT molecular complexity index is 463. The van der Waals surface area contributed by atoms with E-state index in [0.29, 0.717) is 12.8 Å². The molecule has 0 aromatic carbocycles. The van der Waals surface area contributed by atoms with Crippen molar-refractivity contribution in [3.63, 3.8) is 0 Å². The molecule has 0 saturated heterocycles. The molecule has 0 fully saturated rings. The monoisotopic (exact) mass is 424 g/mol. The fourth-order valence-corrected chi connectivity index (χ4v) is 9.11. The van der Waals surface area contributed by atoms with Crippen LogP contribution < -0.4 is 0 Å². The number of hydrogen-bond donors (Lipinski definition) is 0. The van der Waals surface area contributed by atoms with Gasteiger partial charge in [-0.25, -0.2) is 0 Å². The highest BCUT2D eigenvalue weighted by atomic mass is 31.2. The van der Waals surface area contributed by atoms with Gasteiger partial charge in [0.05, 0.1) is 18.8 Å². The van der Waals surface area contributed by atoms with Gasteiger partial charge >= 0.3 is 7.60 Å². The molecule has 162 valence electrons. The van der Waals surface area contributed by atoms with E-state index in [1.807, 2.05) is 13.0 Å². The van der Waals surface area contributed by atoms with E-state index >= 15 is 0 Å². The topological polar surface area (TPSA) is 61.8 Å². The van der Waals surface area contributed by atoms with Gasteiger partial charge in [-0.05, 0) is 53.9 Å². The van der Waals surface area contributed by atoms with Crippen molar-refractivity contribution < 1.29 is 22.7 Å². The summed E-state index contributed by atoms with van der Waals surface area (Å²) < 4.78 is 43.0. The number of hydrogen-bond acceptors (Lipinski definition) is 5. The standard InChI is InChI=1S/C20H42O5P2/c1-7-9-10-11-12-13-14-15-16-17-26(21,23-8-2)18-27(22,24-19(3)4)25-20(5)6/h7,19-20H,1,8-18H2,2-6H3. The van der Waals surface area contributed by atoms with Crippen molar-refractivity contribution in [1.29, 1.82) is 0 Å². The Kier molecular flexibility index (Phi) is 15.0. The highest BCUT2D eigenvalue weighted by Crippen LogP contribution is 2.64. The normalized spacial score (nSPS) is 14.6. The zero-order valence-electron chi connectivity index (χ0n) is 18.2. The Morgan fingerprint density at radius 2 is 1.33 bits per heavy atom. The molecule has 0 amide bonds. The molecule has 0 aliphatic rings. The maximum Gasteiger partial charge on any atom is 0.340 e. The summed E-state index contributed by atoms with van der Waals surface area (Å²) in [7, 11) is -6.50. The van der Waals surface area contributed by atoms with Gasteiger partial charge in [-0.2, -0.15) is 0 Å². The molecule has 0 bridgehead atoms. The summed E-state index contributed by atoms with van der Waals surface area (Å²) in [4.78, 5) is 0. The minimum Gasteiger partial charge on any atom is -0.328 e. The molecule has 0 aromatic rings. The van der Waals surface area contributed by atoms with Gasteiger partial charge in [-0.15, -0.1) is 6.58 Å². The van der Waals surface area contributed by atoms with Crippen LogP contribution in [0.15, 0.2) is 12.7 Å². The van der Waals surface area contributed by atoms with E-state index in [-0.39, 0.29) is 18.1 Å². The Labute approximate surface area is 167 Å². The van der Waals surface area contributed by atoms with Gasteiger partial charge in [0.15, 0.2) is 0 Å². The highest BCUT2D eigenvalue weighted by molar-refractivity contribution is 7.73. The third-order valence-corrected chi connectivity index (χ3v) is 10.2. The van der Waals surface area contributed by atoms with E-state index in [9.17, 15) is 9.13 Å². The minimum absolute atomic E-state index is 0.133. The van der Waals surface area contributed by atoms with Crippen molar-refractivity contribution in [2.45, 2.75) is 98.2 Å². The molecular formula is C20H42O5P2. The summed E-state index contributed by atoms with van der Waals surface area (Å²) in [5.74, 6) is -0.133. The summed E-state index contributed by atoms with van der Waals surface area (Å²) >= 11 is 0. The smallest absolute Gasteiger partial charge is 0.328 e. The first-order valence-corrected chi connectivity index (χ1v) is 14.2. The van der Waals surface area contributed by atoms with Crippen LogP contribution >= 0.6 is 15.0 Å². The lowest BCUT2D eigenvalue weighted by atomic mass is 10.1. The number of unbranched alkanes of at least 4 members (excludes halogenated alkanes) is 7. The third-order valence-electron chi connectivity index (χ3n) is 3.90. The lowest BCUT2D eigenvalue weighted by Crippen LogP contribution is -2.12. The molecule has 0 rings (SSSR count). The van der Waals surface area contributed by atoms with E-state index in [1.54, 1.807) is 27.7 Å². The van der Waals surface area contributed by atoms with Crippen LogP contribution in [0.2, 0.25) is 0 Å². The molecule has 0 spiro atoms. The minimum atomic E-state index is -3.46. The second-order valence-electron chi connectivity index (χ2n) is 7.57. The summed E-state index contributed by atoms with van der Waals surface area (Å²) in [6.07, 6.45) is 10.8. The van der Waals surface area contributed by atoms with Gasteiger partial charge in [0.1, 0.15) is 5.90 Å². The van der Waals surface area contributed by atoms with Crippen LogP contribution in [-0.2, 0) is 22.7 Å². The molecule has 0 radical (unpaired) electrons. The summed E-state index contributed by atoms with van der Waals surface area (Å²) in [6.45, 7) is 13.1.